The molecule has 0 bridgehead atoms. The molecule has 0 unspecified atom stereocenters. The zero-order valence-corrected chi connectivity index (χ0v) is 61.4. The predicted molar refractivity (Wildman–Crippen MR) is 410 cm³/mol. The summed E-state index contributed by atoms with van der Waals surface area (Å²) >= 11 is 3.17. The van der Waals surface area contributed by atoms with E-state index in [-0.39, 0.29) is 29.1 Å². The third-order valence-corrected chi connectivity index (χ3v) is 15.7. The average Bonchev–Trinajstić information content (AvgIpc) is 1.65. The number of esters is 2. The van der Waals surface area contributed by atoms with Crippen LogP contribution in [0.1, 0.15) is 87.0 Å². The van der Waals surface area contributed by atoms with Crippen LogP contribution in [0.5, 0.6) is 0 Å². The van der Waals surface area contributed by atoms with Gasteiger partial charge in [-0.3, -0.25) is 20.1 Å². The average molecular weight is 1520 g/mol. The molecule has 0 aliphatic carbocycles. The zero-order valence-electron chi connectivity index (χ0n) is 59.8. The second kappa shape index (κ2) is 41.5. The molecule has 32 heteroatoms. The summed E-state index contributed by atoms with van der Waals surface area (Å²) in [6.45, 7) is 11.2. The van der Waals surface area contributed by atoms with E-state index in [1.54, 1.807) is 92.1 Å². The number of carboxylic acids is 1. The molecule has 0 aliphatic rings. The summed E-state index contributed by atoms with van der Waals surface area (Å²) in [7, 11) is 1.38. The molecular formula is C76H76BBrN18O12. The lowest BCUT2D eigenvalue weighted by Crippen LogP contribution is -2.29. The van der Waals surface area contributed by atoms with Crippen LogP contribution in [0.25, 0.3) is 22.7 Å². The predicted octanol–water partition coefficient (Wildman–Crippen LogP) is 12.0. The van der Waals surface area contributed by atoms with E-state index in [4.69, 9.17) is 20.5 Å². The number of rotatable bonds is 14. The van der Waals surface area contributed by atoms with Crippen LogP contribution in [0.2, 0.25) is 0 Å². The van der Waals surface area contributed by atoms with Gasteiger partial charge in [0.25, 0.3) is 0 Å². The van der Waals surface area contributed by atoms with Gasteiger partial charge in [0.2, 0.25) is 0 Å². The van der Waals surface area contributed by atoms with Gasteiger partial charge in [-0.25, -0.2) is 28.4 Å². The van der Waals surface area contributed by atoms with Crippen molar-refractivity contribution in [2.45, 2.75) is 54.4 Å². The Bertz CT molecular complexity index is 5120. The minimum Gasteiger partial charge on any atom is -0.478 e. The van der Waals surface area contributed by atoms with Crippen molar-refractivity contribution in [2.24, 2.45) is 0 Å². The monoisotopic (exact) mass is 1520 g/mol. The number of aryl methyl sites for hydroxylation is 6. The number of hydrogen-bond acceptors (Lipinski definition) is 21. The lowest BCUT2D eigenvalue weighted by Gasteiger charge is -2.06. The number of para-hydroxylation sites is 4. The molecular weight excluding hydrogens is 1450 g/mol. The molecule has 552 valence electrons. The van der Waals surface area contributed by atoms with Gasteiger partial charge in [0.15, 0.2) is 0 Å². The van der Waals surface area contributed by atoms with Crippen LogP contribution in [0, 0.1) is 61.8 Å². The third-order valence-electron chi connectivity index (χ3n) is 15.1. The van der Waals surface area contributed by atoms with Crippen molar-refractivity contribution in [1.29, 1.82) is 0 Å². The molecule has 0 saturated carbocycles. The maximum absolute atomic E-state index is 11.9. The molecule has 0 radical (unpaired) electrons. The van der Waals surface area contributed by atoms with E-state index < -0.39 is 22.9 Å². The highest BCUT2D eigenvalue weighted by Gasteiger charge is 2.20. The number of pyridine rings is 3. The smallest absolute Gasteiger partial charge is 0.478 e. The SMILES string of the molecule is COC(=O)c1ccncc1Br.COC(=O)c1ccncc1Cc1nn(-c2ccccc2)cc1C.Cc1cn(-c2ccccc2)nc1Cc1cnccc1C(=O)O.Cc1cn(-c2ccccc2)nc1N.Cc1cn(-c2ccccc2)nc1[N+](=O)[O-].Cc1cn[nH]c1.Cc1cn[nH]c1[N+](=O)[O-].OB(O)c1ccccc1. The first-order valence-electron chi connectivity index (χ1n) is 32.7. The molecule has 0 amide bonds. The molecule has 108 heavy (non-hydrogen) atoms. The van der Waals surface area contributed by atoms with Crippen molar-refractivity contribution in [3.63, 3.8) is 0 Å². The van der Waals surface area contributed by atoms with Gasteiger partial charge in [0, 0.05) is 80.4 Å². The van der Waals surface area contributed by atoms with Gasteiger partial charge in [-0.15, -0.1) is 9.78 Å². The second-order valence-corrected chi connectivity index (χ2v) is 23.9. The molecule has 0 spiro atoms. The molecule has 9 heterocycles. The Morgan fingerprint density at radius 2 is 0.907 bits per heavy atom. The van der Waals surface area contributed by atoms with E-state index in [1.807, 2.05) is 189 Å². The summed E-state index contributed by atoms with van der Waals surface area (Å²) in [6, 6.07) is 52.4. The molecule has 14 rings (SSSR count). The number of aromatic carboxylic acids is 1. The standard InChI is InChI=1S/C18H17N3O2.C17H15N3O2.C10H9N3O2.C10H11N3.C7H6BrNO2.C6H7BO2.C4H5N3O2.C4H6N2/c1-13-12-21(15-6-4-3-5-7-15)20-17(13)10-14-11-19-9-8-16(14)18(22)23-2;1-12-11-20(14-5-3-2-4-6-14)19-16(12)9-13-10-18-8-7-15(13)17(21)22;1-8-7-12(11-10(8)13(14)15)9-5-3-2-4-6-9;1-8-7-13(12-10(8)11)9-5-3-2-4-6-9;1-11-7(10)5-2-3-9-4-6(5)8;8-7(9)6-4-2-1-3-5-6;1-3-2-5-6-4(3)7(8)9;1-4-2-5-6-3-4/h3-9,11-12H,10H2,1-2H3;2-8,10-11H,9H2,1H3,(H,21,22);2-7H,1H3;2-7H,1H3,(H2,11,12);2-4H,1H3;1-5,8-9H;2H,1H3,(H,5,6);2-3H,1H3,(H,5,6). The Balaban J connectivity index is 0.000000178. The van der Waals surface area contributed by atoms with Crippen molar-refractivity contribution in [3.8, 4) is 22.7 Å². The van der Waals surface area contributed by atoms with Crippen LogP contribution >= 0.6 is 15.9 Å². The van der Waals surface area contributed by atoms with E-state index in [2.05, 4.69) is 76.4 Å². The first kappa shape index (κ1) is 81.6. The lowest BCUT2D eigenvalue weighted by molar-refractivity contribution is -0.390. The number of ether oxygens (including phenoxy) is 2. The molecule has 5 aromatic carbocycles. The number of nitrogens with zero attached hydrogens (tertiary/aromatic N) is 15. The molecule has 30 nitrogen and oxygen atoms in total. The minimum absolute atomic E-state index is 0.0324. The number of carbonyl (C=O) groups is 3. The van der Waals surface area contributed by atoms with Gasteiger partial charge in [-0.05, 0) is 167 Å². The highest BCUT2D eigenvalue weighted by molar-refractivity contribution is 9.10. The summed E-state index contributed by atoms with van der Waals surface area (Å²) in [6.07, 6.45) is 23.0. The Hall–Kier alpha value is -13.7. The Labute approximate surface area is 628 Å². The van der Waals surface area contributed by atoms with Crippen LogP contribution in [0.15, 0.2) is 255 Å². The number of nitrogens with two attached hydrogens (primary N) is 1. The maximum atomic E-state index is 11.9. The van der Waals surface area contributed by atoms with E-state index in [1.165, 1.54) is 49.1 Å². The van der Waals surface area contributed by atoms with Gasteiger partial charge < -0.3 is 50.6 Å². The van der Waals surface area contributed by atoms with Crippen molar-refractivity contribution in [1.82, 2.24) is 74.5 Å². The number of carboxylic acid groups (broad SMARTS) is 1. The number of aromatic amines is 2. The fourth-order valence-corrected chi connectivity index (χ4v) is 9.84. The zero-order chi connectivity index (χ0) is 78.1. The quantitative estimate of drug-likeness (QED) is 0.0255. The maximum Gasteiger partial charge on any atom is 0.488 e. The molecule has 7 N–H and O–H groups in total. The molecule has 0 aliphatic heterocycles. The van der Waals surface area contributed by atoms with Crippen molar-refractivity contribution in [2.75, 3.05) is 20.0 Å². The highest BCUT2D eigenvalue weighted by Crippen LogP contribution is 2.22. The number of hydrogen-bond donors (Lipinski definition) is 6. The Kier molecular flexibility index (Phi) is 31.4. The lowest BCUT2D eigenvalue weighted by atomic mass is 9.81. The number of methoxy groups -OCH3 is 2. The van der Waals surface area contributed by atoms with Gasteiger partial charge in [-0.2, -0.15) is 20.4 Å². The summed E-state index contributed by atoms with van der Waals surface area (Å²) in [5.74, 6) is -1.21. The summed E-state index contributed by atoms with van der Waals surface area (Å²) in [5, 5.41) is 76.4. The number of nitrogens with one attached hydrogen (secondary N) is 2. The largest absolute Gasteiger partial charge is 0.488 e. The number of carbonyl (C=O) groups excluding carboxylic acids is 2. The Morgan fingerprint density at radius 1 is 0.500 bits per heavy atom. The number of H-pyrrole nitrogens is 2. The number of halogens is 1. The summed E-state index contributed by atoms with van der Waals surface area (Å²) in [4.78, 5) is 65.7. The van der Waals surface area contributed by atoms with E-state index in [0.717, 1.165) is 56.4 Å². The molecule has 0 atom stereocenters. The molecule has 0 fully saturated rings. The third kappa shape index (κ3) is 24.7. The topological polar surface area (TPSA) is 410 Å². The number of anilines is 1. The second-order valence-electron chi connectivity index (χ2n) is 23.0. The molecule has 9 aromatic heterocycles. The molecule has 14 aromatic rings. The number of benzene rings is 5. The van der Waals surface area contributed by atoms with Gasteiger partial charge in [0.05, 0.1) is 104 Å². The minimum atomic E-state index is -1.34. The normalized spacial score (nSPS) is 10.0. The van der Waals surface area contributed by atoms with Gasteiger partial charge >= 0.3 is 36.7 Å². The van der Waals surface area contributed by atoms with Crippen molar-refractivity contribution in [3.05, 3.63) is 348 Å². The van der Waals surface area contributed by atoms with Gasteiger partial charge in [0.1, 0.15) is 5.82 Å². The number of nitrogen functional groups attached to an aromatic ring is 1. The fourth-order valence-electron chi connectivity index (χ4n) is 9.43. The molecule has 0 saturated heterocycles. The van der Waals surface area contributed by atoms with Crippen molar-refractivity contribution >= 4 is 63.9 Å². The van der Waals surface area contributed by atoms with Gasteiger partial charge in [-0.1, -0.05) is 108 Å². The first-order chi connectivity index (χ1) is 52.0. The fraction of sp³-hybridized carbons (Fsp3) is 0.132. The van der Waals surface area contributed by atoms with Crippen LogP contribution in [-0.4, -0.2) is 139 Å². The number of aromatic nitrogens is 15. The van der Waals surface area contributed by atoms with Crippen LogP contribution in [0.3, 0.4) is 0 Å². The highest BCUT2D eigenvalue weighted by atomic mass is 79.9. The van der Waals surface area contributed by atoms with Crippen LogP contribution in [-0.2, 0) is 22.3 Å². The summed E-state index contributed by atoms with van der Waals surface area (Å²) in [5.41, 5.74) is 19.9. The first-order valence-corrected chi connectivity index (χ1v) is 33.5. The van der Waals surface area contributed by atoms with Crippen LogP contribution < -0.4 is 11.2 Å². The van der Waals surface area contributed by atoms with Crippen molar-refractivity contribution < 1.29 is 48.9 Å². The number of nitro groups is 2. The van der Waals surface area contributed by atoms with E-state index in [9.17, 15) is 39.7 Å². The van der Waals surface area contributed by atoms with Crippen LogP contribution in [0.4, 0.5) is 17.5 Å². The van der Waals surface area contributed by atoms with E-state index >= 15 is 0 Å². The van der Waals surface area contributed by atoms with E-state index in [0.29, 0.717) is 56.4 Å². The Morgan fingerprint density at radius 3 is 1.25 bits per heavy atom. The summed E-state index contributed by atoms with van der Waals surface area (Å²) < 4.78 is 16.9.